The van der Waals surface area contributed by atoms with Gasteiger partial charge in [-0.05, 0) is 63.9 Å². The van der Waals surface area contributed by atoms with E-state index in [0.717, 1.165) is 12.0 Å². The largest absolute Gasteiger partial charge is 0.444 e. The maximum Gasteiger partial charge on any atom is 0.410 e. The summed E-state index contributed by atoms with van der Waals surface area (Å²) in [4.78, 5) is 89.1. The Morgan fingerprint density at radius 3 is 2.01 bits per heavy atom. The molecule has 2 fully saturated rings. The van der Waals surface area contributed by atoms with Gasteiger partial charge in [0.15, 0.2) is 0 Å². The number of carbonyl (C=O) groups is 6. The van der Waals surface area contributed by atoms with E-state index in [2.05, 4.69) is 20.9 Å². The minimum Gasteiger partial charge on any atom is -0.444 e. The van der Waals surface area contributed by atoms with Crippen LogP contribution in [0.3, 0.4) is 0 Å². The lowest BCUT2D eigenvalue weighted by Gasteiger charge is -2.42. The van der Waals surface area contributed by atoms with E-state index >= 15 is 0 Å². The second-order valence-electron chi connectivity index (χ2n) is 20.3. The van der Waals surface area contributed by atoms with Gasteiger partial charge in [0.05, 0.1) is 55.3 Å². The predicted octanol–water partition coefficient (Wildman–Crippen LogP) is 3.92. The average molecular weight is 959 g/mol. The highest BCUT2D eigenvalue weighted by atomic mass is 16.6. The number of likely N-dealkylation sites (N-methyl/N-ethyl adjacent to an activating group) is 1. The molecule has 0 radical (unpaired) electrons. The number of carbonyl (C=O) groups excluding carboxylic acids is 6. The molecule has 0 aliphatic carbocycles. The van der Waals surface area contributed by atoms with Crippen molar-refractivity contribution in [1.82, 2.24) is 35.6 Å². The Morgan fingerprint density at radius 2 is 1.49 bits per heavy atom. The van der Waals surface area contributed by atoms with Gasteiger partial charge in [-0.2, -0.15) is 0 Å². The normalized spacial score (nSPS) is 19.8. The molecule has 0 unspecified atom stereocenters. The summed E-state index contributed by atoms with van der Waals surface area (Å²) in [5.41, 5.74) is 5.64. The number of ether oxygens (including phenoxy) is 4. The summed E-state index contributed by atoms with van der Waals surface area (Å²) in [5.74, 6) is -2.44. The number of benzene rings is 1. The number of hydrogen-bond donors (Lipinski definition) is 4. The molecule has 18 nitrogen and oxygen atoms in total. The molecule has 3 rings (SSSR count). The summed E-state index contributed by atoms with van der Waals surface area (Å²) in [7, 11) is 4.82. The molecule has 6 amide bonds. The molecule has 0 aromatic heterocycles. The van der Waals surface area contributed by atoms with E-state index in [-0.39, 0.29) is 73.1 Å². The monoisotopic (exact) mass is 959 g/mol. The predicted molar refractivity (Wildman–Crippen MR) is 261 cm³/mol. The van der Waals surface area contributed by atoms with Crippen molar-refractivity contribution in [2.24, 2.45) is 29.4 Å². The van der Waals surface area contributed by atoms with E-state index in [1.807, 2.05) is 99.6 Å². The minimum absolute atomic E-state index is 0.0200. The standard InChI is InChI=1S/C50H86N8O10/c1-15-33(6)43(55(12)48(63)41(31(2)3)54-47(62)42(32(4)5)56-24-26-57(27-25-56)49(64)68-50(9,10)11)38(65-13)28-40(60)58-23-19-22-37(58)44(66-14)34(7)46(61)53-35(8)45(36-20-17-16-18-21-36)67-30-52-39(59)29-51/h16-18,20-21,31-35,37-38,41-45H,15,19,22-30,51H2,1-14H3,(H,52,59)(H,53,61)(H,54,62)/t33-,34+,35+,37-,38+,41-,42-,43-,44+,45+/m0/s1. The van der Waals surface area contributed by atoms with E-state index < -0.39 is 60.0 Å². The molecule has 0 saturated carbocycles. The van der Waals surface area contributed by atoms with Crippen molar-refractivity contribution in [3.63, 3.8) is 0 Å². The topological polar surface area (TPSA) is 214 Å². The third-order valence-corrected chi connectivity index (χ3v) is 13.4. The fourth-order valence-electron chi connectivity index (χ4n) is 9.56. The number of amides is 6. The molecule has 2 aliphatic rings. The van der Waals surface area contributed by atoms with E-state index in [1.165, 1.54) is 0 Å². The Kier molecular flexibility index (Phi) is 23.1. The van der Waals surface area contributed by atoms with Crippen LogP contribution in [0.5, 0.6) is 0 Å². The zero-order chi connectivity index (χ0) is 51.0. The smallest absolute Gasteiger partial charge is 0.410 e. The second-order valence-corrected chi connectivity index (χ2v) is 20.3. The summed E-state index contributed by atoms with van der Waals surface area (Å²) < 4.78 is 23.8. The van der Waals surface area contributed by atoms with E-state index in [0.29, 0.717) is 45.6 Å². The first-order valence-electron chi connectivity index (χ1n) is 24.6. The van der Waals surface area contributed by atoms with Gasteiger partial charge in [0.1, 0.15) is 24.5 Å². The Hall–Kier alpha value is -4.36. The van der Waals surface area contributed by atoms with Crippen LogP contribution >= 0.6 is 0 Å². The summed E-state index contributed by atoms with van der Waals surface area (Å²) in [6.45, 7) is 22.9. The maximum absolute atomic E-state index is 14.7. The Labute approximate surface area is 406 Å². The van der Waals surface area contributed by atoms with Gasteiger partial charge in [0.2, 0.25) is 29.5 Å². The summed E-state index contributed by atoms with van der Waals surface area (Å²) in [6, 6.07) is 6.59. The van der Waals surface area contributed by atoms with Crippen LogP contribution < -0.4 is 21.7 Å². The number of nitrogens with one attached hydrogen (secondary N) is 3. The number of likely N-dealkylation sites (tertiary alicyclic amines) is 1. The van der Waals surface area contributed by atoms with Gasteiger partial charge in [-0.15, -0.1) is 0 Å². The molecular formula is C50H86N8O10. The summed E-state index contributed by atoms with van der Waals surface area (Å²) >= 11 is 0. The molecule has 2 saturated heterocycles. The third kappa shape index (κ3) is 16.1. The lowest BCUT2D eigenvalue weighted by atomic mass is 9.89. The molecule has 1 aromatic rings. The number of hydrogen-bond acceptors (Lipinski definition) is 12. The van der Waals surface area contributed by atoms with Crippen molar-refractivity contribution in [1.29, 1.82) is 0 Å². The Bertz CT molecular complexity index is 1770. The van der Waals surface area contributed by atoms with Crippen molar-refractivity contribution in [3.05, 3.63) is 35.9 Å². The first-order chi connectivity index (χ1) is 32.0. The van der Waals surface area contributed by atoms with Gasteiger partial charge in [-0.25, -0.2) is 4.79 Å². The minimum atomic E-state index is -0.857. The Balaban J connectivity index is 1.76. The first kappa shape index (κ1) is 58.0. The molecule has 0 bridgehead atoms. The van der Waals surface area contributed by atoms with Crippen molar-refractivity contribution in [2.75, 3.05) is 67.3 Å². The van der Waals surface area contributed by atoms with Crippen LogP contribution in [0, 0.1) is 23.7 Å². The van der Waals surface area contributed by atoms with Gasteiger partial charge < -0.3 is 55.3 Å². The molecule has 68 heavy (non-hydrogen) atoms. The molecule has 5 N–H and O–H groups in total. The molecule has 10 atom stereocenters. The highest BCUT2D eigenvalue weighted by Crippen LogP contribution is 2.31. The zero-order valence-corrected chi connectivity index (χ0v) is 43.5. The van der Waals surface area contributed by atoms with Crippen LogP contribution in [-0.2, 0) is 42.9 Å². The Morgan fingerprint density at radius 1 is 0.853 bits per heavy atom. The quantitative estimate of drug-likeness (QED) is 0.109. The highest BCUT2D eigenvalue weighted by molar-refractivity contribution is 5.90. The fraction of sp³-hybridized carbons (Fsp3) is 0.760. The van der Waals surface area contributed by atoms with E-state index in [9.17, 15) is 28.8 Å². The van der Waals surface area contributed by atoms with Crippen molar-refractivity contribution in [2.45, 2.75) is 156 Å². The number of nitrogens with two attached hydrogens (primary N) is 1. The van der Waals surface area contributed by atoms with Crippen LogP contribution in [0.25, 0.3) is 0 Å². The second kappa shape index (κ2) is 27.1. The molecule has 2 heterocycles. The van der Waals surface area contributed by atoms with Crippen LogP contribution in [0.1, 0.15) is 114 Å². The van der Waals surface area contributed by atoms with Gasteiger partial charge in [-0.1, -0.05) is 85.2 Å². The van der Waals surface area contributed by atoms with Gasteiger partial charge in [-0.3, -0.25) is 28.9 Å². The lowest BCUT2D eigenvalue weighted by molar-refractivity contribution is -0.148. The fourth-order valence-corrected chi connectivity index (χ4v) is 9.56. The van der Waals surface area contributed by atoms with Crippen molar-refractivity contribution in [3.8, 4) is 0 Å². The van der Waals surface area contributed by atoms with Gasteiger partial charge in [0, 0.05) is 54.0 Å². The van der Waals surface area contributed by atoms with Crippen LogP contribution in [0.4, 0.5) is 4.79 Å². The van der Waals surface area contributed by atoms with Crippen LogP contribution in [-0.4, -0.2) is 171 Å². The molecule has 0 spiro atoms. The summed E-state index contributed by atoms with van der Waals surface area (Å²) in [5, 5.41) is 8.82. The average Bonchev–Trinajstić information content (AvgIpc) is 3.78. The maximum atomic E-state index is 14.7. The molecular weight excluding hydrogens is 873 g/mol. The van der Waals surface area contributed by atoms with E-state index in [1.54, 1.807) is 42.9 Å². The van der Waals surface area contributed by atoms with Crippen molar-refractivity contribution >= 4 is 35.6 Å². The lowest BCUT2D eigenvalue weighted by Crippen LogP contribution is -2.62. The highest BCUT2D eigenvalue weighted by Gasteiger charge is 2.44. The van der Waals surface area contributed by atoms with Gasteiger partial charge >= 0.3 is 6.09 Å². The molecule has 386 valence electrons. The van der Waals surface area contributed by atoms with Crippen molar-refractivity contribution < 1.29 is 47.7 Å². The number of rotatable bonds is 24. The van der Waals surface area contributed by atoms with E-state index in [4.69, 9.17) is 24.7 Å². The first-order valence-corrected chi connectivity index (χ1v) is 24.6. The SMILES string of the molecule is CC[C@H](C)[C@@H]([C@@H](CC(=O)N1CCC[C@H]1[C@H](OC)[C@@H](C)C(=O)N[C@H](C)[C@@H](OCNC(=O)CN)c1ccccc1)OC)N(C)C(=O)[C@@H](NC(=O)[C@H](C(C)C)N1CCN(C(=O)OC(C)(C)C)CC1)C(C)C. The van der Waals surface area contributed by atoms with Gasteiger partial charge in [0.25, 0.3) is 0 Å². The number of nitrogens with zero attached hydrogens (tertiary/aromatic N) is 4. The zero-order valence-electron chi connectivity index (χ0n) is 43.5. The van der Waals surface area contributed by atoms with Crippen LogP contribution in [0.2, 0.25) is 0 Å². The summed E-state index contributed by atoms with van der Waals surface area (Å²) in [6.07, 6.45) is -0.264. The molecule has 1 aromatic carbocycles. The molecule has 2 aliphatic heterocycles. The number of piperazine rings is 1. The third-order valence-electron chi connectivity index (χ3n) is 13.4. The molecule has 18 heteroatoms. The number of methoxy groups -OCH3 is 2. The van der Waals surface area contributed by atoms with Crippen LogP contribution in [0.15, 0.2) is 30.3 Å².